The molecule has 3 atom stereocenters. The minimum atomic E-state index is -1.64. The quantitative estimate of drug-likeness (QED) is 0.620. The lowest BCUT2D eigenvalue weighted by molar-refractivity contribution is -0.166. The van der Waals surface area contributed by atoms with Crippen molar-refractivity contribution in [1.29, 1.82) is 0 Å². The van der Waals surface area contributed by atoms with Crippen molar-refractivity contribution >= 4 is 11.9 Å². The smallest absolute Gasteiger partial charge is 0.338 e. The molecule has 6 nitrogen and oxygen atoms in total. The summed E-state index contributed by atoms with van der Waals surface area (Å²) in [5.41, 5.74) is 0.167. The summed E-state index contributed by atoms with van der Waals surface area (Å²) in [4.78, 5) is 26.6. The Bertz CT molecular complexity index is 879. The number of esters is 2. The highest BCUT2D eigenvalue weighted by molar-refractivity contribution is 6.07. The van der Waals surface area contributed by atoms with Crippen LogP contribution in [0.4, 0.5) is 0 Å². The van der Waals surface area contributed by atoms with Crippen LogP contribution in [0.2, 0.25) is 0 Å². The first-order valence-corrected chi connectivity index (χ1v) is 10.0. The van der Waals surface area contributed by atoms with E-state index in [-0.39, 0.29) is 25.2 Å². The van der Waals surface area contributed by atoms with Gasteiger partial charge in [-0.1, -0.05) is 48.5 Å². The Kier molecular flexibility index (Phi) is 5.28. The van der Waals surface area contributed by atoms with Crippen molar-refractivity contribution in [2.45, 2.75) is 31.3 Å². The third-order valence-corrected chi connectivity index (χ3v) is 5.74. The van der Waals surface area contributed by atoms with Crippen molar-refractivity contribution in [3.63, 3.8) is 0 Å². The maximum Gasteiger partial charge on any atom is 0.338 e. The lowest BCUT2D eigenvalue weighted by Crippen LogP contribution is -2.59. The number of nitrogens with one attached hydrogen (secondary N) is 1. The Labute approximate surface area is 170 Å². The largest absolute Gasteiger partial charge is 0.493 e. The van der Waals surface area contributed by atoms with E-state index in [1.165, 1.54) is 0 Å². The molecule has 2 aliphatic rings. The molecule has 6 heteroatoms. The Balaban J connectivity index is 1.89. The van der Waals surface area contributed by atoms with E-state index in [9.17, 15) is 9.59 Å². The fraction of sp³-hybridized carbons (Fsp3) is 0.391. The van der Waals surface area contributed by atoms with Crippen LogP contribution in [0.5, 0.6) is 5.75 Å². The molecule has 2 aromatic carbocycles. The summed E-state index contributed by atoms with van der Waals surface area (Å²) in [6, 6.07) is 17.1. The normalized spacial score (nSPS) is 24.0. The number of fused-ring (bicyclic) bond motifs is 3. The van der Waals surface area contributed by atoms with Crippen molar-refractivity contribution < 1.29 is 23.8 Å². The first-order valence-electron chi connectivity index (χ1n) is 10.0. The summed E-state index contributed by atoms with van der Waals surface area (Å²) in [5.74, 6) is -1.09. The molecule has 2 heterocycles. The molecule has 0 saturated carbocycles. The zero-order valence-corrected chi connectivity index (χ0v) is 16.6. The molecule has 0 radical (unpaired) electrons. The number of carbonyl (C=O) groups excluding carboxylic acids is 2. The predicted molar refractivity (Wildman–Crippen MR) is 106 cm³/mol. The molecule has 0 spiro atoms. The summed E-state index contributed by atoms with van der Waals surface area (Å²) < 4.78 is 16.8. The first kappa shape index (κ1) is 19.5. The molecule has 0 amide bonds. The van der Waals surface area contributed by atoms with Crippen LogP contribution in [0.3, 0.4) is 0 Å². The molecule has 1 fully saturated rings. The second kappa shape index (κ2) is 7.87. The van der Waals surface area contributed by atoms with Gasteiger partial charge in [0.25, 0.3) is 0 Å². The molecule has 0 aromatic heterocycles. The zero-order chi connectivity index (χ0) is 20.4. The van der Waals surface area contributed by atoms with Gasteiger partial charge in [0.05, 0.1) is 19.8 Å². The van der Waals surface area contributed by atoms with Crippen LogP contribution in [0, 0.1) is 5.92 Å². The van der Waals surface area contributed by atoms with E-state index in [1.54, 1.807) is 13.8 Å². The van der Waals surface area contributed by atoms with Gasteiger partial charge in [-0.05, 0) is 25.5 Å². The number of hydrogen-bond acceptors (Lipinski definition) is 6. The van der Waals surface area contributed by atoms with Crippen LogP contribution >= 0.6 is 0 Å². The maximum atomic E-state index is 13.3. The van der Waals surface area contributed by atoms with Gasteiger partial charge in [0.15, 0.2) is 0 Å². The van der Waals surface area contributed by atoms with Crippen LogP contribution in [0.1, 0.15) is 36.9 Å². The standard InChI is InChI=1S/C23H25NO5/c1-3-27-21(25)23(22(26)28-4-2)19(15-10-6-5-7-11-15)17-14-29-18-13-9-8-12-16(18)20(17)24-23/h5-13,17,19-20,24H,3-4,14H2,1-2H3/t17-,19-,20-/m0/s1. The van der Waals surface area contributed by atoms with Gasteiger partial charge < -0.3 is 14.2 Å². The van der Waals surface area contributed by atoms with Gasteiger partial charge >= 0.3 is 11.9 Å². The van der Waals surface area contributed by atoms with E-state index in [1.807, 2.05) is 54.6 Å². The fourth-order valence-corrected chi connectivity index (χ4v) is 4.61. The van der Waals surface area contributed by atoms with Crippen LogP contribution in [-0.4, -0.2) is 37.3 Å². The first-order chi connectivity index (χ1) is 14.1. The minimum absolute atomic E-state index is 0.138. The average molecular weight is 395 g/mol. The number of para-hydroxylation sites is 1. The van der Waals surface area contributed by atoms with Gasteiger partial charge in [0, 0.05) is 23.4 Å². The molecule has 2 aliphatic heterocycles. The fourth-order valence-electron chi connectivity index (χ4n) is 4.61. The monoisotopic (exact) mass is 395 g/mol. The highest BCUT2D eigenvalue weighted by atomic mass is 16.6. The summed E-state index contributed by atoms with van der Waals surface area (Å²) in [7, 11) is 0. The number of benzene rings is 2. The number of rotatable bonds is 5. The van der Waals surface area contributed by atoms with E-state index < -0.39 is 23.4 Å². The molecule has 0 aliphatic carbocycles. The van der Waals surface area contributed by atoms with Gasteiger partial charge in [-0.15, -0.1) is 0 Å². The molecule has 0 bridgehead atoms. The van der Waals surface area contributed by atoms with Crippen molar-refractivity contribution in [1.82, 2.24) is 5.32 Å². The van der Waals surface area contributed by atoms with Crippen LogP contribution in [0.15, 0.2) is 54.6 Å². The zero-order valence-electron chi connectivity index (χ0n) is 16.6. The van der Waals surface area contributed by atoms with Crippen molar-refractivity contribution in [2.75, 3.05) is 19.8 Å². The Morgan fingerprint density at radius 2 is 1.62 bits per heavy atom. The summed E-state index contributed by atoms with van der Waals surface area (Å²) >= 11 is 0. The van der Waals surface area contributed by atoms with Crippen molar-refractivity contribution in [2.24, 2.45) is 5.92 Å². The highest BCUT2D eigenvalue weighted by Crippen LogP contribution is 2.53. The Morgan fingerprint density at radius 3 is 2.28 bits per heavy atom. The molecule has 4 rings (SSSR count). The van der Waals surface area contributed by atoms with Gasteiger partial charge in [-0.3, -0.25) is 5.32 Å². The molecule has 29 heavy (non-hydrogen) atoms. The van der Waals surface area contributed by atoms with E-state index in [4.69, 9.17) is 14.2 Å². The topological polar surface area (TPSA) is 73.9 Å². The van der Waals surface area contributed by atoms with Crippen LogP contribution in [-0.2, 0) is 19.1 Å². The van der Waals surface area contributed by atoms with Gasteiger partial charge in [-0.25, -0.2) is 9.59 Å². The molecular formula is C23H25NO5. The summed E-state index contributed by atoms with van der Waals surface area (Å²) in [5, 5.41) is 3.35. The van der Waals surface area contributed by atoms with E-state index in [0.717, 1.165) is 16.9 Å². The third kappa shape index (κ3) is 3.08. The Morgan fingerprint density at radius 1 is 1.00 bits per heavy atom. The van der Waals surface area contributed by atoms with E-state index >= 15 is 0 Å². The molecule has 2 aromatic rings. The molecular weight excluding hydrogens is 370 g/mol. The molecule has 0 unspecified atom stereocenters. The van der Waals surface area contributed by atoms with E-state index in [2.05, 4.69) is 5.32 Å². The van der Waals surface area contributed by atoms with Gasteiger partial charge in [-0.2, -0.15) is 0 Å². The number of carbonyl (C=O) groups is 2. The lowest BCUT2D eigenvalue weighted by atomic mass is 9.73. The molecule has 152 valence electrons. The SMILES string of the molecule is CCOC(=O)C1(C(=O)OCC)N[C@H]2c3ccccc3OC[C@H]2[C@@H]1c1ccccc1. The van der Waals surface area contributed by atoms with Gasteiger partial charge in [0.1, 0.15) is 5.75 Å². The number of ether oxygens (including phenoxy) is 3. The predicted octanol–water partition coefficient (Wildman–Crippen LogP) is 2.99. The average Bonchev–Trinajstić information content (AvgIpc) is 3.11. The lowest BCUT2D eigenvalue weighted by Gasteiger charge is -2.33. The molecule has 1 N–H and O–H groups in total. The highest BCUT2D eigenvalue weighted by Gasteiger charge is 2.66. The van der Waals surface area contributed by atoms with Crippen molar-refractivity contribution in [3.05, 3.63) is 65.7 Å². The number of hydrogen-bond donors (Lipinski definition) is 1. The van der Waals surface area contributed by atoms with Crippen molar-refractivity contribution in [3.8, 4) is 5.75 Å². The third-order valence-electron chi connectivity index (χ3n) is 5.74. The second-order valence-electron chi connectivity index (χ2n) is 7.27. The summed E-state index contributed by atoms with van der Waals surface area (Å²) in [6.07, 6.45) is 0. The second-order valence-corrected chi connectivity index (χ2v) is 7.27. The van der Waals surface area contributed by atoms with Crippen LogP contribution < -0.4 is 10.1 Å². The van der Waals surface area contributed by atoms with Gasteiger partial charge in [0.2, 0.25) is 5.54 Å². The Hall–Kier alpha value is -2.86. The summed E-state index contributed by atoms with van der Waals surface area (Å²) in [6.45, 7) is 4.19. The molecule has 1 saturated heterocycles. The minimum Gasteiger partial charge on any atom is -0.493 e. The van der Waals surface area contributed by atoms with Crippen LogP contribution in [0.25, 0.3) is 0 Å². The maximum absolute atomic E-state index is 13.3. The van der Waals surface area contributed by atoms with E-state index in [0.29, 0.717) is 6.61 Å².